The third-order valence-electron chi connectivity index (χ3n) is 2.23. The Hall–Kier alpha value is -0.340. The summed E-state index contributed by atoms with van der Waals surface area (Å²) in [4.78, 5) is 0. The van der Waals surface area contributed by atoms with Crippen LogP contribution < -0.4 is 5.32 Å². The van der Waals surface area contributed by atoms with Crippen LogP contribution in [0.2, 0.25) is 0 Å². The zero-order chi connectivity index (χ0) is 9.52. The van der Waals surface area contributed by atoms with Crippen molar-refractivity contribution < 1.29 is 0 Å². The highest BCUT2D eigenvalue weighted by atomic mass is 32.1. The fraction of sp³-hybridized carbons (Fsp3) is 0.636. The summed E-state index contributed by atoms with van der Waals surface area (Å²) in [7, 11) is 0. The van der Waals surface area contributed by atoms with Crippen LogP contribution in [0, 0.1) is 6.92 Å². The van der Waals surface area contributed by atoms with Gasteiger partial charge in [0.2, 0.25) is 0 Å². The van der Waals surface area contributed by atoms with Gasteiger partial charge in [-0.1, -0.05) is 19.8 Å². The lowest BCUT2D eigenvalue weighted by Crippen LogP contribution is -2.14. The van der Waals surface area contributed by atoms with Crippen molar-refractivity contribution in [3.8, 4) is 0 Å². The fourth-order valence-corrected chi connectivity index (χ4v) is 2.15. The molecule has 0 amide bonds. The summed E-state index contributed by atoms with van der Waals surface area (Å²) in [5.41, 5.74) is 2.88. The Kier molecular flexibility index (Phi) is 5.09. The number of aryl methyl sites for hydroxylation is 1. The Morgan fingerprint density at radius 3 is 2.77 bits per heavy atom. The summed E-state index contributed by atoms with van der Waals surface area (Å²) in [5.74, 6) is 0. The molecule has 0 bridgehead atoms. The molecule has 0 unspecified atom stereocenters. The Bertz CT molecular complexity index is 230. The first kappa shape index (κ1) is 10.7. The molecule has 0 aromatic carbocycles. The minimum atomic E-state index is 1.04. The smallest absolute Gasteiger partial charge is 0.0216 e. The third-order valence-corrected chi connectivity index (χ3v) is 3.14. The van der Waals surface area contributed by atoms with Gasteiger partial charge in [0, 0.05) is 6.54 Å². The molecular formula is C11H19NS. The summed E-state index contributed by atoms with van der Waals surface area (Å²) in [6.45, 7) is 6.62. The topological polar surface area (TPSA) is 12.0 Å². The summed E-state index contributed by atoms with van der Waals surface area (Å²) in [5, 5.41) is 7.92. The molecule has 1 rings (SSSR count). The molecule has 0 radical (unpaired) electrons. The lowest BCUT2D eigenvalue weighted by molar-refractivity contribution is 0.616. The normalized spacial score (nSPS) is 10.6. The Labute approximate surface area is 85.2 Å². The van der Waals surface area contributed by atoms with E-state index in [-0.39, 0.29) is 0 Å². The van der Waals surface area contributed by atoms with E-state index in [9.17, 15) is 0 Å². The molecule has 0 saturated carbocycles. The molecule has 1 nitrogen and oxygen atoms in total. The molecular weight excluding hydrogens is 178 g/mol. The molecule has 74 valence electrons. The van der Waals surface area contributed by atoms with Crippen LogP contribution in [-0.2, 0) is 6.54 Å². The first-order valence-corrected chi connectivity index (χ1v) is 6.01. The summed E-state index contributed by atoms with van der Waals surface area (Å²) in [6.07, 6.45) is 3.95. The third kappa shape index (κ3) is 3.92. The molecule has 0 aliphatic rings. The first-order chi connectivity index (χ1) is 6.34. The summed E-state index contributed by atoms with van der Waals surface area (Å²) >= 11 is 1.79. The highest BCUT2D eigenvalue weighted by Gasteiger charge is 1.97. The molecule has 1 aromatic heterocycles. The van der Waals surface area contributed by atoms with Crippen LogP contribution in [0.15, 0.2) is 10.8 Å². The maximum atomic E-state index is 3.47. The van der Waals surface area contributed by atoms with E-state index in [0.717, 1.165) is 13.1 Å². The minimum absolute atomic E-state index is 1.04. The van der Waals surface area contributed by atoms with Gasteiger partial charge in [-0.05, 0) is 41.8 Å². The van der Waals surface area contributed by atoms with Crippen LogP contribution in [-0.4, -0.2) is 6.54 Å². The summed E-state index contributed by atoms with van der Waals surface area (Å²) in [6, 6.07) is 0. The molecule has 1 N–H and O–H groups in total. The Morgan fingerprint density at radius 1 is 1.31 bits per heavy atom. The van der Waals surface area contributed by atoms with E-state index in [4.69, 9.17) is 0 Å². The van der Waals surface area contributed by atoms with E-state index in [0.29, 0.717) is 0 Å². The van der Waals surface area contributed by atoms with E-state index >= 15 is 0 Å². The van der Waals surface area contributed by atoms with Gasteiger partial charge < -0.3 is 5.32 Å². The average molecular weight is 197 g/mol. The Balaban J connectivity index is 2.10. The van der Waals surface area contributed by atoms with Gasteiger partial charge in [-0.2, -0.15) is 11.3 Å². The largest absolute Gasteiger partial charge is 0.313 e. The minimum Gasteiger partial charge on any atom is -0.313 e. The number of rotatable bonds is 6. The van der Waals surface area contributed by atoms with Crippen molar-refractivity contribution in [2.24, 2.45) is 0 Å². The second kappa shape index (κ2) is 6.17. The molecule has 1 aromatic rings. The number of hydrogen-bond acceptors (Lipinski definition) is 2. The van der Waals surface area contributed by atoms with Crippen LogP contribution in [0.1, 0.15) is 37.3 Å². The van der Waals surface area contributed by atoms with Crippen LogP contribution in [0.25, 0.3) is 0 Å². The van der Waals surface area contributed by atoms with E-state index < -0.39 is 0 Å². The molecule has 0 aliphatic heterocycles. The lowest BCUT2D eigenvalue weighted by Gasteiger charge is -2.03. The van der Waals surface area contributed by atoms with Crippen molar-refractivity contribution >= 4 is 11.3 Å². The van der Waals surface area contributed by atoms with Crippen LogP contribution in [0.4, 0.5) is 0 Å². The van der Waals surface area contributed by atoms with Gasteiger partial charge in [0.1, 0.15) is 0 Å². The van der Waals surface area contributed by atoms with Crippen molar-refractivity contribution in [2.75, 3.05) is 6.54 Å². The average Bonchev–Trinajstić information content (AvgIpc) is 2.52. The van der Waals surface area contributed by atoms with Gasteiger partial charge in [-0.25, -0.2) is 0 Å². The molecule has 1 heterocycles. The molecule has 0 saturated heterocycles. The number of thiophene rings is 1. The maximum absolute atomic E-state index is 3.47. The highest BCUT2D eigenvalue weighted by Crippen LogP contribution is 2.12. The van der Waals surface area contributed by atoms with Crippen LogP contribution in [0.3, 0.4) is 0 Å². The predicted octanol–water partition coefficient (Wildman–Crippen LogP) is 3.34. The second-order valence-corrected chi connectivity index (χ2v) is 4.21. The van der Waals surface area contributed by atoms with E-state index in [1.165, 1.54) is 30.4 Å². The number of hydrogen-bond donors (Lipinski definition) is 1. The molecule has 13 heavy (non-hydrogen) atoms. The molecule has 0 atom stereocenters. The molecule has 0 fully saturated rings. The van der Waals surface area contributed by atoms with Crippen LogP contribution >= 0.6 is 11.3 Å². The van der Waals surface area contributed by atoms with Crippen molar-refractivity contribution in [3.05, 3.63) is 21.9 Å². The van der Waals surface area contributed by atoms with E-state index in [1.807, 2.05) is 0 Å². The number of nitrogens with one attached hydrogen (secondary N) is 1. The Morgan fingerprint density at radius 2 is 2.15 bits per heavy atom. The number of unbranched alkanes of at least 4 members (excludes halogenated alkanes) is 2. The van der Waals surface area contributed by atoms with Crippen molar-refractivity contribution in [1.29, 1.82) is 0 Å². The molecule has 0 aliphatic carbocycles. The lowest BCUT2D eigenvalue weighted by atomic mass is 10.2. The van der Waals surface area contributed by atoms with Crippen molar-refractivity contribution in [3.63, 3.8) is 0 Å². The quantitative estimate of drug-likeness (QED) is 0.690. The van der Waals surface area contributed by atoms with Gasteiger partial charge in [-0.3, -0.25) is 0 Å². The zero-order valence-electron chi connectivity index (χ0n) is 8.60. The van der Waals surface area contributed by atoms with E-state index in [2.05, 4.69) is 29.9 Å². The van der Waals surface area contributed by atoms with Gasteiger partial charge in [0.25, 0.3) is 0 Å². The second-order valence-electron chi connectivity index (χ2n) is 3.46. The van der Waals surface area contributed by atoms with Gasteiger partial charge in [0.05, 0.1) is 0 Å². The monoisotopic (exact) mass is 197 g/mol. The van der Waals surface area contributed by atoms with Gasteiger partial charge in [-0.15, -0.1) is 0 Å². The SMILES string of the molecule is CCCCCNCc1cscc1C. The highest BCUT2D eigenvalue weighted by molar-refractivity contribution is 7.08. The zero-order valence-corrected chi connectivity index (χ0v) is 9.41. The van der Waals surface area contributed by atoms with Gasteiger partial charge in [0.15, 0.2) is 0 Å². The fourth-order valence-electron chi connectivity index (χ4n) is 1.29. The first-order valence-electron chi connectivity index (χ1n) is 5.07. The molecule has 2 heteroatoms. The predicted molar refractivity (Wildman–Crippen MR) is 60.3 cm³/mol. The van der Waals surface area contributed by atoms with Crippen molar-refractivity contribution in [1.82, 2.24) is 5.32 Å². The maximum Gasteiger partial charge on any atom is 0.0216 e. The molecule has 0 spiro atoms. The summed E-state index contributed by atoms with van der Waals surface area (Å²) < 4.78 is 0. The van der Waals surface area contributed by atoms with Crippen LogP contribution in [0.5, 0.6) is 0 Å². The van der Waals surface area contributed by atoms with E-state index in [1.54, 1.807) is 11.3 Å². The standard InChI is InChI=1S/C11H19NS/c1-3-4-5-6-12-7-11-9-13-8-10(11)2/h8-9,12H,3-7H2,1-2H3. The van der Waals surface area contributed by atoms with Gasteiger partial charge >= 0.3 is 0 Å². The van der Waals surface area contributed by atoms with Crippen molar-refractivity contribution in [2.45, 2.75) is 39.7 Å².